The molecule has 0 unspecified atom stereocenters. The van der Waals surface area contributed by atoms with Gasteiger partial charge in [-0.2, -0.15) is 0 Å². The van der Waals surface area contributed by atoms with Crippen molar-refractivity contribution in [2.75, 3.05) is 13.2 Å². The van der Waals surface area contributed by atoms with Crippen LogP contribution in [0.15, 0.2) is 0 Å². The number of hydrogen-bond donors (Lipinski definition) is 4. The van der Waals surface area contributed by atoms with Gasteiger partial charge in [0, 0.05) is 5.41 Å². The van der Waals surface area contributed by atoms with E-state index in [4.69, 9.17) is 20.4 Å². The molecule has 0 aromatic heterocycles. The molecule has 0 bridgehead atoms. The van der Waals surface area contributed by atoms with Crippen LogP contribution in [0.1, 0.15) is 40.0 Å². The zero-order valence-electron chi connectivity index (χ0n) is 12.3. The van der Waals surface area contributed by atoms with Crippen LogP contribution < -0.4 is 18.9 Å². The minimum Gasteiger partial charge on any atom is -1.00 e. The zero-order chi connectivity index (χ0) is 13.8. The monoisotopic (exact) mass is 298 g/mol. The normalized spacial score (nSPS) is 20.5. The van der Waals surface area contributed by atoms with E-state index in [0.717, 1.165) is 12.8 Å². The predicted molar refractivity (Wildman–Crippen MR) is 73.1 cm³/mol. The minimum absolute atomic E-state index is 0. The summed E-state index contributed by atoms with van der Waals surface area (Å²) in [6.45, 7) is 0.312. The first-order valence-electron chi connectivity index (χ1n) is 6.11. The fourth-order valence-corrected chi connectivity index (χ4v) is 2.09. The van der Waals surface area contributed by atoms with E-state index < -0.39 is 17.4 Å². The maximum absolute atomic E-state index is 10.4. The van der Waals surface area contributed by atoms with E-state index in [2.05, 4.69) is 0 Å². The largest absolute Gasteiger partial charge is 1.00 e. The molecule has 6 nitrogen and oxygen atoms in total. The molecule has 0 spiro atoms. The van der Waals surface area contributed by atoms with Crippen LogP contribution in [0.5, 0.6) is 0 Å². The molecule has 2 aliphatic rings. The van der Waals surface area contributed by atoms with Gasteiger partial charge >= 0.3 is 30.8 Å². The van der Waals surface area contributed by atoms with Gasteiger partial charge in [-0.15, -0.1) is 0 Å². The predicted octanol–water partition coefficient (Wildman–Crippen LogP) is -3.60. The first-order chi connectivity index (χ1) is 8.42. The quantitative estimate of drug-likeness (QED) is 0.315. The molecule has 8 heteroatoms. The Morgan fingerprint density at radius 2 is 1.25 bits per heavy atom. The van der Waals surface area contributed by atoms with Gasteiger partial charge in [0.15, 0.2) is 22.8 Å². The molecule has 20 heavy (non-hydrogen) atoms. The Morgan fingerprint density at radius 3 is 1.25 bits per heavy atom. The molecule has 0 saturated heterocycles. The van der Waals surface area contributed by atoms with Gasteiger partial charge in [-0.3, -0.25) is 9.59 Å². The first kappa shape index (κ1) is 22.3. The van der Waals surface area contributed by atoms with Crippen LogP contribution in [0.3, 0.4) is 0 Å². The molecule has 4 N–H and O–H groups in total. The number of aliphatic hydroxyl groups is 2. The van der Waals surface area contributed by atoms with Gasteiger partial charge in [-0.25, -0.2) is 0 Å². The summed E-state index contributed by atoms with van der Waals surface area (Å²) in [6.07, 6.45) is 4.43. The van der Waals surface area contributed by atoms with Crippen LogP contribution in [0, 0.1) is 10.8 Å². The number of hydrogen-bond acceptors (Lipinski definition) is 4. The summed E-state index contributed by atoms with van der Waals surface area (Å²) in [5, 5.41) is 34.3. The Morgan fingerprint density at radius 1 is 0.900 bits per heavy atom. The summed E-state index contributed by atoms with van der Waals surface area (Å²) < 4.78 is 0. The Bertz CT molecular complexity index is 304. The molecule has 0 atom stereocenters. The van der Waals surface area contributed by atoms with Crippen molar-refractivity contribution in [1.82, 2.24) is 0 Å². The van der Waals surface area contributed by atoms with Crippen LogP contribution in [0.4, 0.5) is 0 Å². The molecule has 0 amide bonds. The number of carboxylic acid groups (broad SMARTS) is 2. The van der Waals surface area contributed by atoms with Crippen LogP contribution in [-0.2, 0) is 9.59 Å². The molecule has 2 rings (SSSR count). The SMILES string of the molecule is O=C(O)C1(C(=O)O)CCC1.OCC1(CO)CCC1.[AlH3].[H-].[Li+]. The number of aliphatic carboxylic acids is 2. The maximum Gasteiger partial charge on any atom is 1.00 e. The van der Waals surface area contributed by atoms with Crippen molar-refractivity contribution >= 4 is 29.3 Å². The molecule has 2 aliphatic carbocycles. The number of rotatable bonds is 4. The number of aliphatic hydroxyl groups excluding tert-OH is 2. The van der Waals surface area contributed by atoms with E-state index in [1.54, 1.807) is 0 Å². The Balaban J connectivity index is -0.000000274. The first-order valence-corrected chi connectivity index (χ1v) is 6.11. The van der Waals surface area contributed by atoms with Crippen LogP contribution >= 0.6 is 0 Å². The standard InChI is InChI=1S/C6H8O4.C6H12O2.Al.Li.4H/c7-4(8)6(5(9)10)2-1-3-6;7-4-6(5-8)2-1-3-6;;;;;;/h1-3H2,(H,7,8)(H,9,10);7-8H,1-5H2;;;;;;/q;;;+1;;;;-1. The van der Waals surface area contributed by atoms with Crippen LogP contribution in [0.25, 0.3) is 0 Å². The molecule has 0 heterocycles. The molecular formula is C12H24AlLiO6. The number of carboxylic acids is 2. The average Bonchev–Trinajstić information content (AvgIpc) is 2.15. The Labute approximate surface area is 142 Å². The van der Waals surface area contributed by atoms with E-state index in [1.807, 2.05) is 0 Å². The zero-order valence-corrected chi connectivity index (χ0v) is 11.3. The summed E-state index contributed by atoms with van der Waals surface area (Å²) in [7, 11) is 0. The van der Waals surface area contributed by atoms with Crippen molar-refractivity contribution in [2.45, 2.75) is 38.5 Å². The van der Waals surface area contributed by atoms with Crippen LogP contribution in [0.2, 0.25) is 0 Å². The molecule has 2 saturated carbocycles. The van der Waals surface area contributed by atoms with Crippen LogP contribution in [-0.4, -0.2) is 62.9 Å². The van der Waals surface area contributed by atoms with Gasteiger partial charge in [-0.05, 0) is 32.1 Å². The fourth-order valence-electron chi connectivity index (χ4n) is 2.09. The second-order valence-electron chi connectivity index (χ2n) is 5.22. The topological polar surface area (TPSA) is 115 Å². The Hall–Kier alpha value is -0.0101. The third-order valence-corrected chi connectivity index (χ3v) is 4.11. The molecule has 0 aromatic rings. The summed E-state index contributed by atoms with van der Waals surface area (Å²) in [5.41, 5.74) is -1.53. The van der Waals surface area contributed by atoms with E-state index in [-0.39, 0.29) is 69.1 Å². The van der Waals surface area contributed by atoms with E-state index in [0.29, 0.717) is 6.42 Å². The molecule has 112 valence electrons. The molecular weight excluding hydrogens is 274 g/mol. The average molecular weight is 298 g/mol. The van der Waals surface area contributed by atoms with Crippen molar-refractivity contribution in [3.05, 3.63) is 0 Å². The van der Waals surface area contributed by atoms with Gasteiger partial charge in [0.25, 0.3) is 0 Å². The molecule has 2 fully saturated rings. The second-order valence-corrected chi connectivity index (χ2v) is 5.22. The maximum atomic E-state index is 10.4. The number of carbonyl (C=O) groups is 2. The fraction of sp³-hybridized carbons (Fsp3) is 0.833. The molecule has 0 radical (unpaired) electrons. The summed E-state index contributed by atoms with van der Waals surface area (Å²) >= 11 is 0. The van der Waals surface area contributed by atoms with Crippen molar-refractivity contribution in [3.63, 3.8) is 0 Å². The van der Waals surface area contributed by atoms with E-state index in [9.17, 15) is 9.59 Å². The van der Waals surface area contributed by atoms with Crippen molar-refractivity contribution < 1.29 is 50.3 Å². The van der Waals surface area contributed by atoms with E-state index >= 15 is 0 Å². The summed E-state index contributed by atoms with van der Waals surface area (Å²) in [6, 6.07) is 0. The second kappa shape index (κ2) is 9.10. The smallest absolute Gasteiger partial charge is 1.00 e. The van der Waals surface area contributed by atoms with Crippen molar-refractivity contribution in [2.24, 2.45) is 10.8 Å². The van der Waals surface area contributed by atoms with E-state index in [1.165, 1.54) is 6.42 Å². The molecule has 0 aliphatic heterocycles. The van der Waals surface area contributed by atoms with Crippen molar-refractivity contribution in [1.29, 1.82) is 0 Å². The summed E-state index contributed by atoms with van der Waals surface area (Å²) in [5.74, 6) is -2.41. The third-order valence-electron chi connectivity index (χ3n) is 4.11. The minimum atomic E-state index is -1.44. The third kappa shape index (κ3) is 4.49. The Kier molecular flexibility index (Phi) is 10.1. The van der Waals surface area contributed by atoms with Gasteiger partial charge in [0.05, 0.1) is 13.2 Å². The van der Waals surface area contributed by atoms with Gasteiger partial charge in [0.1, 0.15) is 0 Å². The summed E-state index contributed by atoms with van der Waals surface area (Å²) in [4.78, 5) is 20.7. The molecule has 0 aromatic carbocycles. The van der Waals surface area contributed by atoms with Crippen molar-refractivity contribution in [3.8, 4) is 0 Å². The van der Waals surface area contributed by atoms with Gasteiger partial charge in [-0.1, -0.05) is 6.42 Å². The van der Waals surface area contributed by atoms with Gasteiger partial charge in [0.2, 0.25) is 0 Å². The van der Waals surface area contributed by atoms with Gasteiger partial charge < -0.3 is 21.9 Å².